The summed E-state index contributed by atoms with van der Waals surface area (Å²) in [5, 5.41) is 0. The van der Waals surface area contributed by atoms with Gasteiger partial charge in [-0.2, -0.15) is 0 Å². The molecule has 0 rings (SSSR count). The largest absolute Gasteiger partial charge is 0.385 e. The number of hydrogen-bond donors (Lipinski definition) is 0. The summed E-state index contributed by atoms with van der Waals surface area (Å²) in [5.74, 6) is 0. The van der Waals surface area contributed by atoms with Crippen LogP contribution in [0.3, 0.4) is 0 Å². The van der Waals surface area contributed by atoms with Crippen molar-refractivity contribution in [3.05, 3.63) is 0 Å². The molecule has 1 unspecified atom stereocenters. The Morgan fingerprint density at radius 2 is 1.92 bits per heavy atom. The Kier molecular flexibility index (Phi) is 9.88. The minimum Gasteiger partial charge on any atom is -0.385 e. The second-order valence-electron chi connectivity index (χ2n) is 3.23. The van der Waals surface area contributed by atoms with Crippen molar-refractivity contribution in [2.24, 2.45) is 0 Å². The average Bonchev–Trinajstić information content (AvgIpc) is 2.05. The lowest BCUT2D eigenvalue weighted by Crippen LogP contribution is -1.97. The topological polar surface area (TPSA) is 9.23 Å². The molecule has 0 aromatic rings. The van der Waals surface area contributed by atoms with Crippen LogP contribution in [0.1, 0.15) is 45.4 Å². The molecule has 12 heavy (non-hydrogen) atoms. The predicted molar refractivity (Wildman–Crippen MR) is 58.0 cm³/mol. The zero-order valence-corrected chi connectivity index (χ0v) is 9.90. The first-order valence-electron chi connectivity index (χ1n) is 4.94. The monoisotopic (exact) mass is 236 g/mol. The number of halogens is 1. The van der Waals surface area contributed by atoms with Crippen molar-refractivity contribution in [2.45, 2.75) is 50.3 Å². The minimum atomic E-state index is 0.741. The Morgan fingerprint density at radius 3 is 2.50 bits per heavy atom. The Hall–Kier alpha value is 0.440. The van der Waals surface area contributed by atoms with Crippen LogP contribution in [0.4, 0.5) is 0 Å². The van der Waals surface area contributed by atoms with Gasteiger partial charge in [0.15, 0.2) is 0 Å². The van der Waals surface area contributed by atoms with Crippen LogP contribution in [0.2, 0.25) is 0 Å². The number of rotatable bonds is 8. The van der Waals surface area contributed by atoms with Crippen LogP contribution in [-0.4, -0.2) is 18.5 Å². The van der Waals surface area contributed by atoms with Crippen molar-refractivity contribution in [1.29, 1.82) is 0 Å². The standard InChI is InChI=1S/C10H21BrO/c1-3-7-10(11)8-5-4-6-9-12-2/h10H,3-9H2,1-2H3. The Morgan fingerprint density at radius 1 is 1.17 bits per heavy atom. The molecule has 2 heteroatoms. The normalized spacial score (nSPS) is 13.2. The highest BCUT2D eigenvalue weighted by Crippen LogP contribution is 2.15. The van der Waals surface area contributed by atoms with Gasteiger partial charge in [0, 0.05) is 18.5 Å². The van der Waals surface area contributed by atoms with Crippen molar-refractivity contribution in [2.75, 3.05) is 13.7 Å². The Bertz CT molecular complexity index is 85.9. The first-order chi connectivity index (χ1) is 5.81. The summed E-state index contributed by atoms with van der Waals surface area (Å²) in [6.45, 7) is 3.15. The zero-order chi connectivity index (χ0) is 9.23. The second kappa shape index (κ2) is 9.53. The summed E-state index contributed by atoms with van der Waals surface area (Å²) in [4.78, 5) is 0.741. The molecule has 74 valence electrons. The number of alkyl halides is 1. The van der Waals surface area contributed by atoms with E-state index >= 15 is 0 Å². The van der Waals surface area contributed by atoms with Crippen LogP contribution in [-0.2, 0) is 4.74 Å². The van der Waals surface area contributed by atoms with Gasteiger partial charge in [0.1, 0.15) is 0 Å². The van der Waals surface area contributed by atoms with Gasteiger partial charge < -0.3 is 4.74 Å². The number of unbranched alkanes of at least 4 members (excludes halogenated alkanes) is 2. The van der Waals surface area contributed by atoms with Gasteiger partial charge in [-0.05, 0) is 19.3 Å². The van der Waals surface area contributed by atoms with E-state index in [0.717, 1.165) is 11.4 Å². The third kappa shape index (κ3) is 8.54. The molecule has 0 bridgehead atoms. The maximum Gasteiger partial charge on any atom is 0.0462 e. The molecule has 0 aromatic carbocycles. The smallest absolute Gasteiger partial charge is 0.0462 e. The molecule has 1 nitrogen and oxygen atoms in total. The fourth-order valence-corrected chi connectivity index (χ4v) is 2.03. The summed E-state index contributed by atoms with van der Waals surface area (Å²) in [7, 11) is 1.77. The molecular formula is C10H21BrO. The van der Waals surface area contributed by atoms with E-state index in [1.165, 1.54) is 38.5 Å². The third-order valence-corrected chi connectivity index (χ3v) is 2.88. The molecular weight excluding hydrogens is 216 g/mol. The molecule has 0 saturated carbocycles. The highest BCUT2D eigenvalue weighted by atomic mass is 79.9. The maximum absolute atomic E-state index is 4.98. The van der Waals surface area contributed by atoms with Crippen molar-refractivity contribution >= 4 is 15.9 Å². The molecule has 0 saturated heterocycles. The second-order valence-corrected chi connectivity index (χ2v) is 4.52. The van der Waals surface area contributed by atoms with Crippen LogP contribution in [0.25, 0.3) is 0 Å². The van der Waals surface area contributed by atoms with E-state index in [1.54, 1.807) is 7.11 Å². The SMILES string of the molecule is CCCC(Br)CCCCCOC. The Balaban J connectivity index is 2.97. The quantitative estimate of drug-likeness (QED) is 0.461. The fraction of sp³-hybridized carbons (Fsp3) is 1.00. The van der Waals surface area contributed by atoms with Gasteiger partial charge in [0.25, 0.3) is 0 Å². The lowest BCUT2D eigenvalue weighted by Gasteiger charge is -2.07. The summed E-state index contributed by atoms with van der Waals surface area (Å²) in [6, 6.07) is 0. The summed E-state index contributed by atoms with van der Waals surface area (Å²) >= 11 is 3.68. The van der Waals surface area contributed by atoms with Crippen molar-refractivity contribution < 1.29 is 4.74 Å². The molecule has 0 radical (unpaired) electrons. The van der Waals surface area contributed by atoms with Gasteiger partial charge in [0.2, 0.25) is 0 Å². The van der Waals surface area contributed by atoms with Gasteiger partial charge in [-0.25, -0.2) is 0 Å². The fourth-order valence-electron chi connectivity index (χ4n) is 1.25. The van der Waals surface area contributed by atoms with E-state index in [9.17, 15) is 0 Å². The zero-order valence-electron chi connectivity index (χ0n) is 8.31. The Labute approximate surface area is 85.0 Å². The number of methoxy groups -OCH3 is 1. The van der Waals surface area contributed by atoms with Crippen LogP contribution in [0, 0.1) is 0 Å². The molecule has 0 heterocycles. The van der Waals surface area contributed by atoms with Gasteiger partial charge >= 0.3 is 0 Å². The lowest BCUT2D eigenvalue weighted by molar-refractivity contribution is 0.192. The molecule has 0 aliphatic heterocycles. The van der Waals surface area contributed by atoms with Crippen LogP contribution in [0.5, 0.6) is 0 Å². The molecule has 0 aromatic heterocycles. The van der Waals surface area contributed by atoms with E-state index in [2.05, 4.69) is 22.9 Å². The van der Waals surface area contributed by atoms with Gasteiger partial charge in [-0.1, -0.05) is 42.1 Å². The molecule has 0 N–H and O–H groups in total. The first kappa shape index (κ1) is 12.4. The molecule has 0 spiro atoms. The summed E-state index contributed by atoms with van der Waals surface area (Å²) in [6.07, 6.45) is 7.76. The van der Waals surface area contributed by atoms with Crippen LogP contribution in [0.15, 0.2) is 0 Å². The van der Waals surface area contributed by atoms with E-state index < -0.39 is 0 Å². The third-order valence-electron chi connectivity index (χ3n) is 1.97. The maximum atomic E-state index is 4.98. The number of hydrogen-bond acceptors (Lipinski definition) is 1. The highest BCUT2D eigenvalue weighted by Gasteiger charge is 2.01. The van der Waals surface area contributed by atoms with Gasteiger partial charge in [0.05, 0.1) is 0 Å². The first-order valence-corrected chi connectivity index (χ1v) is 5.85. The average molecular weight is 237 g/mol. The predicted octanol–water partition coefficient (Wildman–Crippen LogP) is 3.76. The van der Waals surface area contributed by atoms with Gasteiger partial charge in [-0.15, -0.1) is 0 Å². The van der Waals surface area contributed by atoms with Crippen LogP contribution < -0.4 is 0 Å². The lowest BCUT2D eigenvalue weighted by atomic mass is 10.1. The van der Waals surface area contributed by atoms with Crippen molar-refractivity contribution in [1.82, 2.24) is 0 Å². The van der Waals surface area contributed by atoms with Crippen molar-refractivity contribution in [3.63, 3.8) is 0 Å². The molecule has 0 fully saturated rings. The van der Waals surface area contributed by atoms with E-state index in [-0.39, 0.29) is 0 Å². The highest BCUT2D eigenvalue weighted by molar-refractivity contribution is 9.09. The van der Waals surface area contributed by atoms with Crippen molar-refractivity contribution in [3.8, 4) is 0 Å². The molecule has 0 aliphatic rings. The molecule has 0 aliphatic carbocycles. The van der Waals surface area contributed by atoms with E-state index in [4.69, 9.17) is 4.74 Å². The van der Waals surface area contributed by atoms with Gasteiger partial charge in [-0.3, -0.25) is 0 Å². The van der Waals surface area contributed by atoms with Crippen LogP contribution >= 0.6 is 15.9 Å². The van der Waals surface area contributed by atoms with E-state index in [1.807, 2.05) is 0 Å². The molecule has 1 atom stereocenters. The molecule has 0 amide bonds. The van der Waals surface area contributed by atoms with E-state index in [0.29, 0.717) is 0 Å². The number of ether oxygens (including phenoxy) is 1. The summed E-state index contributed by atoms with van der Waals surface area (Å²) < 4.78 is 4.98. The minimum absolute atomic E-state index is 0.741. The summed E-state index contributed by atoms with van der Waals surface area (Å²) in [5.41, 5.74) is 0.